The van der Waals surface area contributed by atoms with Gasteiger partial charge >= 0.3 is 0 Å². The predicted molar refractivity (Wildman–Crippen MR) is 118 cm³/mol. The molecule has 0 aliphatic carbocycles. The minimum Gasteiger partial charge on any atom is -0.493 e. The molecule has 0 spiro atoms. The second-order valence-corrected chi connectivity index (χ2v) is 5.84. The van der Waals surface area contributed by atoms with Crippen LogP contribution in [0, 0.1) is 11.6 Å². The minimum absolute atomic E-state index is 0. The number of rotatable bonds is 8. The summed E-state index contributed by atoms with van der Waals surface area (Å²) in [7, 11) is 3.18. The number of nitrogens with one attached hydrogen (secondary N) is 2. The van der Waals surface area contributed by atoms with Crippen molar-refractivity contribution in [3.8, 4) is 11.5 Å². The number of hydrogen-bond donors (Lipinski definition) is 2. The van der Waals surface area contributed by atoms with E-state index in [1.807, 2.05) is 25.1 Å². The number of methoxy groups -OCH3 is 2. The molecule has 0 unspecified atom stereocenters. The molecule has 2 rings (SSSR count). The Balaban J connectivity index is 0.00000392. The van der Waals surface area contributed by atoms with Gasteiger partial charge in [-0.15, -0.1) is 24.0 Å². The van der Waals surface area contributed by atoms with Crippen LogP contribution in [-0.2, 0) is 13.0 Å². The molecular weight excluding hydrogens is 479 g/mol. The molecule has 8 heteroatoms. The van der Waals surface area contributed by atoms with Gasteiger partial charge in [0, 0.05) is 19.2 Å². The van der Waals surface area contributed by atoms with Crippen molar-refractivity contribution in [1.29, 1.82) is 0 Å². The summed E-state index contributed by atoms with van der Waals surface area (Å²) < 4.78 is 37.0. The van der Waals surface area contributed by atoms with E-state index in [9.17, 15) is 8.78 Å². The molecule has 2 aromatic carbocycles. The van der Waals surface area contributed by atoms with Gasteiger partial charge in [0.2, 0.25) is 0 Å². The molecule has 0 saturated carbocycles. The lowest BCUT2D eigenvalue weighted by Crippen LogP contribution is -2.38. The second kappa shape index (κ2) is 12.4. The Morgan fingerprint density at radius 1 is 0.929 bits per heavy atom. The Bertz CT molecular complexity index is 768. The van der Waals surface area contributed by atoms with Crippen LogP contribution in [0.4, 0.5) is 8.78 Å². The maximum atomic E-state index is 13.2. The van der Waals surface area contributed by atoms with Gasteiger partial charge in [-0.05, 0) is 48.7 Å². The number of ether oxygens (including phenoxy) is 2. The van der Waals surface area contributed by atoms with Crippen LogP contribution in [0.1, 0.15) is 18.1 Å². The van der Waals surface area contributed by atoms with Crippen molar-refractivity contribution in [2.75, 3.05) is 27.3 Å². The molecule has 0 atom stereocenters. The van der Waals surface area contributed by atoms with Crippen molar-refractivity contribution in [3.63, 3.8) is 0 Å². The van der Waals surface area contributed by atoms with Crippen molar-refractivity contribution in [3.05, 3.63) is 59.2 Å². The molecule has 0 fully saturated rings. The van der Waals surface area contributed by atoms with Crippen molar-refractivity contribution < 1.29 is 18.3 Å². The maximum Gasteiger partial charge on any atom is 0.191 e. The SMILES string of the molecule is CCNC(=NCc1ccc(OC)c(OC)c1)NCCc1cc(F)cc(F)c1.I. The highest BCUT2D eigenvalue weighted by Crippen LogP contribution is 2.27. The zero-order valence-electron chi connectivity index (χ0n) is 16.2. The number of guanidine groups is 1. The van der Waals surface area contributed by atoms with E-state index in [0.717, 1.165) is 11.6 Å². The average Bonchev–Trinajstić information content (AvgIpc) is 2.65. The van der Waals surface area contributed by atoms with E-state index >= 15 is 0 Å². The van der Waals surface area contributed by atoms with Gasteiger partial charge < -0.3 is 20.1 Å². The largest absolute Gasteiger partial charge is 0.493 e. The van der Waals surface area contributed by atoms with Crippen molar-refractivity contribution in [2.24, 2.45) is 4.99 Å². The lowest BCUT2D eigenvalue weighted by molar-refractivity contribution is 0.354. The molecule has 0 aliphatic heterocycles. The number of halogens is 3. The van der Waals surface area contributed by atoms with Crippen LogP contribution in [0.3, 0.4) is 0 Å². The standard InChI is InChI=1S/C20H25F2N3O2.HI/c1-4-23-20(24-8-7-14-9-16(21)12-17(22)10-14)25-13-15-5-6-18(26-2)19(11-15)27-3;/h5-6,9-12H,4,7-8,13H2,1-3H3,(H2,23,24,25);1H. The quantitative estimate of drug-likeness (QED) is 0.325. The summed E-state index contributed by atoms with van der Waals surface area (Å²) >= 11 is 0. The summed E-state index contributed by atoms with van der Waals surface area (Å²) in [5.74, 6) is 0.802. The Hall–Kier alpha value is -2.10. The summed E-state index contributed by atoms with van der Waals surface area (Å²) in [4.78, 5) is 4.53. The Labute approximate surface area is 181 Å². The van der Waals surface area contributed by atoms with E-state index < -0.39 is 11.6 Å². The molecule has 0 aromatic heterocycles. The van der Waals surface area contributed by atoms with Crippen molar-refractivity contribution in [1.82, 2.24) is 10.6 Å². The third kappa shape index (κ3) is 7.49. The fourth-order valence-corrected chi connectivity index (χ4v) is 2.57. The highest BCUT2D eigenvalue weighted by Gasteiger charge is 2.05. The van der Waals surface area contributed by atoms with Gasteiger partial charge in [-0.25, -0.2) is 13.8 Å². The number of aliphatic imine (C=N–C) groups is 1. The molecule has 0 heterocycles. The van der Waals surface area contributed by atoms with Crippen molar-refractivity contribution in [2.45, 2.75) is 19.9 Å². The third-order valence-corrected chi connectivity index (χ3v) is 3.84. The van der Waals surface area contributed by atoms with Gasteiger partial charge in [-0.3, -0.25) is 0 Å². The molecule has 154 valence electrons. The smallest absolute Gasteiger partial charge is 0.191 e. The van der Waals surface area contributed by atoms with Crippen LogP contribution in [0.25, 0.3) is 0 Å². The summed E-state index contributed by atoms with van der Waals surface area (Å²) in [5.41, 5.74) is 1.56. The number of hydrogen-bond acceptors (Lipinski definition) is 3. The van der Waals surface area contributed by atoms with Gasteiger partial charge in [-0.1, -0.05) is 6.07 Å². The van der Waals surface area contributed by atoms with Gasteiger partial charge in [-0.2, -0.15) is 0 Å². The molecule has 2 N–H and O–H groups in total. The maximum absolute atomic E-state index is 13.2. The van der Waals surface area contributed by atoms with Crippen LogP contribution in [0.5, 0.6) is 11.5 Å². The summed E-state index contributed by atoms with van der Waals surface area (Å²) in [6, 6.07) is 9.16. The minimum atomic E-state index is -0.570. The van der Waals surface area contributed by atoms with Crippen molar-refractivity contribution >= 4 is 29.9 Å². The first-order valence-electron chi connectivity index (χ1n) is 8.73. The van der Waals surface area contributed by atoms with Gasteiger partial charge in [0.15, 0.2) is 17.5 Å². The van der Waals surface area contributed by atoms with E-state index in [1.54, 1.807) is 14.2 Å². The monoisotopic (exact) mass is 505 g/mol. The zero-order chi connectivity index (χ0) is 19.6. The molecule has 28 heavy (non-hydrogen) atoms. The molecule has 5 nitrogen and oxygen atoms in total. The first-order chi connectivity index (χ1) is 13.0. The van der Waals surface area contributed by atoms with E-state index in [4.69, 9.17) is 9.47 Å². The van der Waals surface area contributed by atoms with Crippen LogP contribution in [0.15, 0.2) is 41.4 Å². The summed E-state index contributed by atoms with van der Waals surface area (Å²) in [6.45, 7) is 3.62. The molecule has 0 bridgehead atoms. The molecular formula is C20H26F2IN3O2. The van der Waals surface area contributed by atoms with Gasteiger partial charge in [0.25, 0.3) is 0 Å². The fourth-order valence-electron chi connectivity index (χ4n) is 2.57. The van der Waals surface area contributed by atoms with E-state index in [1.165, 1.54) is 12.1 Å². The fraction of sp³-hybridized carbons (Fsp3) is 0.350. The van der Waals surface area contributed by atoms with Crippen LogP contribution < -0.4 is 20.1 Å². The van der Waals surface area contributed by atoms with Crippen LogP contribution >= 0.6 is 24.0 Å². The Morgan fingerprint density at radius 3 is 2.21 bits per heavy atom. The predicted octanol–water partition coefficient (Wildman–Crippen LogP) is 3.90. The molecule has 0 aliphatic rings. The zero-order valence-corrected chi connectivity index (χ0v) is 18.6. The number of benzene rings is 2. The summed E-state index contributed by atoms with van der Waals surface area (Å²) in [5, 5.41) is 6.32. The first kappa shape index (κ1) is 23.9. The molecule has 2 aromatic rings. The lowest BCUT2D eigenvalue weighted by Gasteiger charge is -2.12. The third-order valence-electron chi connectivity index (χ3n) is 3.84. The Kier molecular flexibility index (Phi) is 10.6. The first-order valence-corrected chi connectivity index (χ1v) is 8.73. The van der Waals surface area contributed by atoms with Crippen LogP contribution in [0.2, 0.25) is 0 Å². The highest BCUT2D eigenvalue weighted by atomic mass is 127. The molecule has 0 radical (unpaired) electrons. The van der Waals surface area contributed by atoms with Crippen LogP contribution in [-0.4, -0.2) is 33.3 Å². The normalized spacial score (nSPS) is 10.8. The lowest BCUT2D eigenvalue weighted by atomic mass is 10.1. The van der Waals surface area contributed by atoms with Gasteiger partial charge in [0.05, 0.1) is 20.8 Å². The highest BCUT2D eigenvalue weighted by molar-refractivity contribution is 14.0. The topological polar surface area (TPSA) is 54.9 Å². The number of nitrogens with zero attached hydrogens (tertiary/aromatic N) is 1. The second-order valence-electron chi connectivity index (χ2n) is 5.84. The summed E-state index contributed by atoms with van der Waals surface area (Å²) in [6.07, 6.45) is 0.482. The molecule has 0 saturated heterocycles. The van der Waals surface area contributed by atoms with E-state index in [2.05, 4.69) is 15.6 Å². The Morgan fingerprint density at radius 2 is 1.61 bits per heavy atom. The van der Waals surface area contributed by atoms with E-state index in [0.29, 0.717) is 49.1 Å². The molecule has 0 amide bonds. The average molecular weight is 505 g/mol. The van der Waals surface area contributed by atoms with E-state index in [-0.39, 0.29) is 24.0 Å². The van der Waals surface area contributed by atoms with Gasteiger partial charge in [0.1, 0.15) is 11.6 Å².